The summed E-state index contributed by atoms with van der Waals surface area (Å²) in [6.07, 6.45) is 0. The molecule has 2 rings (SSSR count). The largest absolute Gasteiger partial charge is 0.491 e. The van der Waals surface area contributed by atoms with Crippen molar-refractivity contribution in [3.8, 4) is 11.5 Å². The van der Waals surface area contributed by atoms with Crippen LogP contribution in [0.5, 0.6) is 11.5 Å². The Hall–Kier alpha value is -1.74. The minimum Gasteiger partial charge on any atom is -0.491 e. The Balaban J connectivity index is 1.57. The highest BCUT2D eigenvalue weighted by Gasteiger charge is 2.27. The van der Waals surface area contributed by atoms with Gasteiger partial charge in [-0.05, 0) is 76.2 Å². The van der Waals surface area contributed by atoms with Crippen molar-refractivity contribution in [2.75, 3.05) is 66.1 Å². The molecule has 0 saturated carbocycles. The number of hydrogen-bond donors (Lipinski definition) is 0. The molecule has 12 heteroatoms. The normalized spacial score (nSPS) is 12.0. The number of hydrogen-bond acceptors (Lipinski definition) is 10. The van der Waals surface area contributed by atoms with E-state index in [1.807, 2.05) is 0 Å². The SMILES string of the molecule is CCOP(=O)(OCC)c1ccc(OCCOCCOCCOc2ccc(P(=O)(OCC)OCC)cc2)cc1. The van der Waals surface area contributed by atoms with E-state index in [0.29, 0.717) is 88.2 Å². The van der Waals surface area contributed by atoms with Crippen LogP contribution in [0.15, 0.2) is 48.5 Å². The third-order valence-electron chi connectivity index (χ3n) is 4.87. The standard InChI is InChI=1S/C26H40O10P2/c1-5-33-37(27,34-6-2)25-13-9-23(10-14-25)31-21-19-29-17-18-30-20-22-32-24-11-15-26(16-12-24)38(28,35-7-3)36-8-4/h9-16H,5-8,17-22H2,1-4H3. The van der Waals surface area contributed by atoms with Crippen LogP contribution in [0.4, 0.5) is 0 Å². The van der Waals surface area contributed by atoms with Crippen LogP contribution in [0.1, 0.15) is 27.7 Å². The second-order valence-corrected chi connectivity index (χ2v) is 11.6. The molecule has 38 heavy (non-hydrogen) atoms. The van der Waals surface area contributed by atoms with Gasteiger partial charge in [-0.1, -0.05) is 0 Å². The zero-order valence-electron chi connectivity index (χ0n) is 22.7. The van der Waals surface area contributed by atoms with Gasteiger partial charge >= 0.3 is 15.2 Å². The average molecular weight is 575 g/mol. The van der Waals surface area contributed by atoms with E-state index in [2.05, 4.69) is 0 Å². The van der Waals surface area contributed by atoms with Gasteiger partial charge in [-0.3, -0.25) is 9.13 Å². The first-order valence-electron chi connectivity index (χ1n) is 12.8. The topological polar surface area (TPSA) is 108 Å². The second-order valence-electron chi connectivity index (χ2n) is 7.58. The molecule has 0 saturated heterocycles. The fourth-order valence-corrected chi connectivity index (χ4v) is 6.39. The van der Waals surface area contributed by atoms with Crippen LogP contribution < -0.4 is 20.1 Å². The maximum absolute atomic E-state index is 12.8. The van der Waals surface area contributed by atoms with Gasteiger partial charge in [0, 0.05) is 0 Å². The Morgan fingerprint density at radius 2 is 0.763 bits per heavy atom. The van der Waals surface area contributed by atoms with E-state index >= 15 is 0 Å². The molecule has 2 aromatic carbocycles. The summed E-state index contributed by atoms with van der Waals surface area (Å²) in [4.78, 5) is 0. The molecule has 0 fully saturated rings. The molecule has 0 N–H and O–H groups in total. The molecule has 214 valence electrons. The van der Waals surface area contributed by atoms with Crippen LogP contribution in [-0.4, -0.2) is 66.1 Å². The molecular weight excluding hydrogens is 534 g/mol. The van der Waals surface area contributed by atoms with Crippen molar-refractivity contribution in [1.82, 2.24) is 0 Å². The molecule has 0 aliphatic carbocycles. The maximum Gasteiger partial charge on any atom is 0.361 e. The molecule has 0 heterocycles. The van der Waals surface area contributed by atoms with Crippen LogP contribution in [-0.2, 0) is 36.7 Å². The molecule has 0 radical (unpaired) electrons. The summed E-state index contributed by atoms with van der Waals surface area (Å²) < 4.78 is 69.3. The third-order valence-corrected chi connectivity index (χ3v) is 9.12. The second kappa shape index (κ2) is 17.8. The summed E-state index contributed by atoms with van der Waals surface area (Å²) in [6.45, 7) is 10.7. The Morgan fingerprint density at radius 1 is 0.474 bits per heavy atom. The van der Waals surface area contributed by atoms with Crippen molar-refractivity contribution in [1.29, 1.82) is 0 Å². The maximum atomic E-state index is 12.8. The Morgan fingerprint density at radius 3 is 1.05 bits per heavy atom. The van der Waals surface area contributed by atoms with Crippen LogP contribution >= 0.6 is 15.2 Å². The zero-order chi connectivity index (χ0) is 27.7. The fourth-order valence-electron chi connectivity index (χ4n) is 3.26. The highest BCUT2D eigenvalue weighted by molar-refractivity contribution is 7.62. The van der Waals surface area contributed by atoms with Gasteiger partial charge < -0.3 is 37.0 Å². The lowest BCUT2D eigenvalue weighted by molar-refractivity contribution is 0.0273. The Bertz CT molecular complexity index is 897. The predicted octanol–water partition coefficient (Wildman–Crippen LogP) is 4.96. The highest BCUT2D eigenvalue weighted by Crippen LogP contribution is 2.47. The minimum atomic E-state index is -3.30. The molecule has 0 bridgehead atoms. The van der Waals surface area contributed by atoms with Crippen LogP contribution in [0.3, 0.4) is 0 Å². The molecule has 0 atom stereocenters. The van der Waals surface area contributed by atoms with Crippen LogP contribution in [0.25, 0.3) is 0 Å². The molecule has 10 nitrogen and oxygen atoms in total. The first kappa shape index (κ1) is 32.5. The zero-order valence-corrected chi connectivity index (χ0v) is 24.5. The van der Waals surface area contributed by atoms with Crippen molar-refractivity contribution in [2.45, 2.75) is 27.7 Å². The van der Waals surface area contributed by atoms with Crippen molar-refractivity contribution in [3.05, 3.63) is 48.5 Å². The molecule has 0 aliphatic heterocycles. The van der Waals surface area contributed by atoms with Gasteiger partial charge in [0.2, 0.25) is 0 Å². The quantitative estimate of drug-likeness (QED) is 0.150. The van der Waals surface area contributed by atoms with Gasteiger partial charge in [-0.25, -0.2) is 0 Å². The lowest BCUT2D eigenvalue weighted by Gasteiger charge is -2.17. The summed E-state index contributed by atoms with van der Waals surface area (Å²) in [5, 5.41) is 0.994. The van der Waals surface area contributed by atoms with Gasteiger partial charge in [0.25, 0.3) is 0 Å². The third kappa shape index (κ3) is 10.8. The van der Waals surface area contributed by atoms with E-state index in [4.69, 9.17) is 37.0 Å². The van der Waals surface area contributed by atoms with E-state index in [-0.39, 0.29) is 0 Å². The summed E-state index contributed by atoms with van der Waals surface area (Å²) in [5.41, 5.74) is 0. The van der Waals surface area contributed by atoms with E-state index in [1.54, 1.807) is 76.2 Å². The van der Waals surface area contributed by atoms with E-state index in [1.165, 1.54) is 0 Å². The lowest BCUT2D eigenvalue weighted by atomic mass is 10.3. The van der Waals surface area contributed by atoms with Crippen molar-refractivity contribution in [2.24, 2.45) is 0 Å². The van der Waals surface area contributed by atoms with Crippen LogP contribution in [0, 0.1) is 0 Å². The predicted molar refractivity (Wildman–Crippen MR) is 146 cm³/mol. The van der Waals surface area contributed by atoms with Crippen molar-refractivity contribution < 1.29 is 46.2 Å². The summed E-state index contributed by atoms with van der Waals surface area (Å²) in [6, 6.07) is 13.7. The molecule has 0 spiro atoms. The van der Waals surface area contributed by atoms with Crippen molar-refractivity contribution >= 4 is 25.8 Å². The lowest BCUT2D eigenvalue weighted by Crippen LogP contribution is -2.14. The van der Waals surface area contributed by atoms with E-state index in [0.717, 1.165) is 0 Å². The molecule has 0 aliphatic rings. The summed E-state index contributed by atoms with van der Waals surface area (Å²) >= 11 is 0. The number of ether oxygens (including phenoxy) is 4. The average Bonchev–Trinajstić information content (AvgIpc) is 2.91. The smallest absolute Gasteiger partial charge is 0.361 e. The molecule has 0 unspecified atom stereocenters. The monoisotopic (exact) mass is 574 g/mol. The molecule has 0 aromatic heterocycles. The Kier molecular flexibility index (Phi) is 15.2. The van der Waals surface area contributed by atoms with Gasteiger partial charge in [0.05, 0.1) is 63.5 Å². The summed E-state index contributed by atoms with van der Waals surface area (Å²) in [7, 11) is -6.60. The fraction of sp³-hybridized carbons (Fsp3) is 0.538. The van der Waals surface area contributed by atoms with Gasteiger partial charge in [0.1, 0.15) is 24.7 Å². The number of benzene rings is 2. The van der Waals surface area contributed by atoms with Crippen LogP contribution in [0.2, 0.25) is 0 Å². The minimum absolute atomic E-state index is 0.299. The molecular formula is C26H40O10P2. The van der Waals surface area contributed by atoms with Gasteiger partial charge in [0.15, 0.2) is 0 Å². The van der Waals surface area contributed by atoms with Gasteiger partial charge in [-0.2, -0.15) is 0 Å². The highest BCUT2D eigenvalue weighted by atomic mass is 31.2. The first-order valence-corrected chi connectivity index (χ1v) is 15.9. The Labute approximate surface area is 225 Å². The molecule has 2 aromatic rings. The summed E-state index contributed by atoms with van der Waals surface area (Å²) in [5.74, 6) is 1.27. The van der Waals surface area contributed by atoms with E-state index < -0.39 is 15.2 Å². The van der Waals surface area contributed by atoms with E-state index in [9.17, 15) is 9.13 Å². The van der Waals surface area contributed by atoms with Gasteiger partial charge in [-0.15, -0.1) is 0 Å². The van der Waals surface area contributed by atoms with Crippen molar-refractivity contribution in [3.63, 3.8) is 0 Å². The molecule has 0 amide bonds. The first-order chi connectivity index (χ1) is 18.4. The number of rotatable bonds is 21.